The van der Waals surface area contributed by atoms with Crippen molar-refractivity contribution < 1.29 is 4.74 Å². The molecule has 1 saturated carbocycles. The molecule has 1 aromatic carbocycles. The third-order valence-corrected chi connectivity index (χ3v) is 4.31. The molecule has 2 heteroatoms. The number of nitrogens with one attached hydrogen (secondary N) is 1. The summed E-state index contributed by atoms with van der Waals surface area (Å²) in [6.07, 6.45) is 6.73. The summed E-state index contributed by atoms with van der Waals surface area (Å²) in [5, 5.41) is 3.74. The van der Waals surface area contributed by atoms with Gasteiger partial charge >= 0.3 is 0 Å². The van der Waals surface area contributed by atoms with Crippen LogP contribution in [0, 0.1) is 5.92 Å². The van der Waals surface area contributed by atoms with Gasteiger partial charge in [0.05, 0.1) is 7.11 Å². The molecule has 17 heavy (non-hydrogen) atoms. The van der Waals surface area contributed by atoms with Crippen LogP contribution < -0.4 is 10.1 Å². The number of fused-ring (bicyclic) bond motifs is 1. The lowest BCUT2D eigenvalue weighted by atomic mass is 9.85. The molecular weight excluding hydrogens is 210 g/mol. The van der Waals surface area contributed by atoms with Crippen LogP contribution in [0.15, 0.2) is 18.2 Å². The van der Waals surface area contributed by atoms with Crippen LogP contribution in [0.25, 0.3) is 0 Å². The fourth-order valence-electron chi connectivity index (χ4n) is 2.93. The Kier molecular flexibility index (Phi) is 3.06. The smallest absolute Gasteiger partial charge is 0.119 e. The summed E-state index contributed by atoms with van der Waals surface area (Å²) >= 11 is 0. The first-order valence-electron chi connectivity index (χ1n) is 6.77. The molecule has 0 aliphatic heterocycles. The predicted octanol–water partition coefficient (Wildman–Crippen LogP) is 3.07. The van der Waals surface area contributed by atoms with Crippen molar-refractivity contribution in [3.63, 3.8) is 0 Å². The first-order chi connectivity index (χ1) is 8.36. The lowest BCUT2D eigenvalue weighted by Crippen LogP contribution is -2.29. The molecule has 3 rings (SSSR count). The van der Waals surface area contributed by atoms with Crippen molar-refractivity contribution in [2.75, 3.05) is 13.7 Å². The van der Waals surface area contributed by atoms with Gasteiger partial charge in [0.1, 0.15) is 5.75 Å². The van der Waals surface area contributed by atoms with Crippen molar-refractivity contribution in [1.29, 1.82) is 0 Å². The Morgan fingerprint density at radius 3 is 2.88 bits per heavy atom. The molecule has 2 nitrogen and oxygen atoms in total. The van der Waals surface area contributed by atoms with E-state index in [-0.39, 0.29) is 0 Å². The van der Waals surface area contributed by atoms with Gasteiger partial charge in [-0.1, -0.05) is 12.5 Å². The van der Waals surface area contributed by atoms with E-state index in [9.17, 15) is 0 Å². The van der Waals surface area contributed by atoms with E-state index in [2.05, 4.69) is 23.5 Å². The minimum absolute atomic E-state index is 0.556. The monoisotopic (exact) mass is 231 g/mol. The molecule has 0 bridgehead atoms. The molecule has 1 fully saturated rings. The SMILES string of the molecule is COc1ccc2c(c1)C(NCC1CCC1)CC2. The highest BCUT2D eigenvalue weighted by atomic mass is 16.5. The predicted molar refractivity (Wildman–Crippen MR) is 69.4 cm³/mol. The summed E-state index contributed by atoms with van der Waals surface area (Å²) < 4.78 is 5.32. The summed E-state index contributed by atoms with van der Waals surface area (Å²) in [5.74, 6) is 1.92. The molecule has 2 aliphatic rings. The van der Waals surface area contributed by atoms with Gasteiger partial charge in [0.15, 0.2) is 0 Å². The topological polar surface area (TPSA) is 21.3 Å². The normalized spacial score (nSPS) is 23.2. The van der Waals surface area contributed by atoms with E-state index in [1.807, 2.05) is 0 Å². The van der Waals surface area contributed by atoms with Crippen molar-refractivity contribution in [2.24, 2.45) is 5.92 Å². The van der Waals surface area contributed by atoms with Crippen LogP contribution in [0.2, 0.25) is 0 Å². The minimum Gasteiger partial charge on any atom is -0.497 e. The molecule has 0 heterocycles. The van der Waals surface area contributed by atoms with Crippen LogP contribution >= 0.6 is 0 Å². The molecule has 0 amide bonds. The zero-order chi connectivity index (χ0) is 11.7. The fourth-order valence-corrected chi connectivity index (χ4v) is 2.93. The van der Waals surface area contributed by atoms with E-state index in [1.165, 1.54) is 49.8 Å². The molecule has 0 spiro atoms. The second-order valence-corrected chi connectivity index (χ2v) is 5.36. The number of rotatable bonds is 4. The van der Waals surface area contributed by atoms with Gasteiger partial charge < -0.3 is 10.1 Å². The summed E-state index contributed by atoms with van der Waals surface area (Å²) in [6.45, 7) is 1.20. The van der Waals surface area contributed by atoms with E-state index in [4.69, 9.17) is 4.74 Å². The van der Waals surface area contributed by atoms with Crippen LogP contribution in [0.5, 0.6) is 5.75 Å². The number of ether oxygens (including phenoxy) is 1. The largest absolute Gasteiger partial charge is 0.497 e. The summed E-state index contributed by atoms with van der Waals surface area (Å²) in [6, 6.07) is 7.06. The van der Waals surface area contributed by atoms with Crippen LogP contribution in [0.3, 0.4) is 0 Å². The Hall–Kier alpha value is -1.02. The second kappa shape index (κ2) is 4.69. The highest BCUT2D eigenvalue weighted by Gasteiger charge is 2.24. The van der Waals surface area contributed by atoms with Gasteiger partial charge in [-0.15, -0.1) is 0 Å². The lowest BCUT2D eigenvalue weighted by molar-refractivity contribution is 0.289. The number of benzene rings is 1. The van der Waals surface area contributed by atoms with Crippen molar-refractivity contribution in [3.05, 3.63) is 29.3 Å². The molecule has 1 atom stereocenters. The molecular formula is C15H21NO. The Morgan fingerprint density at radius 1 is 1.29 bits per heavy atom. The molecule has 1 aromatic rings. The second-order valence-electron chi connectivity index (χ2n) is 5.36. The first kappa shape index (κ1) is 11.1. The maximum atomic E-state index is 5.32. The average molecular weight is 231 g/mol. The zero-order valence-electron chi connectivity index (χ0n) is 10.5. The Labute approximate surface area is 103 Å². The Bertz CT molecular complexity index is 398. The van der Waals surface area contributed by atoms with Gasteiger partial charge in [0.2, 0.25) is 0 Å². The highest BCUT2D eigenvalue weighted by Crippen LogP contribution is 2.34. The van der Waals surface area contributed by atoms with Crippen LogP contribution in [0.1, 0.15) is 42.9 Å². The Morgan fingerprint density at radius 2 is 2.18 bits per heavy atom. The molecule has 0 aromatic heterocycles. The lowest BCUT2D eigenvalue weighted by Gasteiger charge is -2.27. The molecule has 92 valence electrons. The van der Waals surface area contributed by atoms with E-state index < -0.39 is 0 Å². The van der Waals surface area contributed by atoms with Gasteiger partial charge in [-0.25, -0.2) is 0 Å². The fraction of sp³-hybridized carbons (Fsp3) is 0.600. The number of aryl methyl sites for hydroxylation is 1. The number of methoxy groups -OCH3 is 1. The van der Waals surface area contributed by atoms with Gasteiger partial charge in [0.25, 0.3) is 0 Å². The highest BCUT2D eigenvalue weighted by molar-refractivity contribution is 5.40. The molecule has 0 saturated heterocycles. The maximum absolute atomic E-state index is 5.32. The summed E-state index contributed by atoms with van der Waals surface area (Å²) in [4.78, 5) is 0. The van der Waals surface area contributed by atoms with Gasteiger partial charge in [0, 0.05) is 6.04 Å². The van der Waals surface area contributed by atoms with Gasteiger partial charge in [-0.3, -0.25) is 0 Å². The average Bonchev–Trinajstić information content (AvgIpc) is 2.69. The molecule has 2 aliphatic carbocycles. The van der Waals surface area contributed by atoms with Crippen molar-refractivity contribution >= 4 is 0 Å². The van der Waals surface area contributed by atoms with Gasteiger partial charge in [-0.05, 0) is 61.4 Å². The Balaban J connectivity index is 1.68. The molecule has 1 N–H and O–H groups in total. The first-order valence-corrected chi connectivity index (χ1v) is 6.77. The van der Waals surface area contributed by atoms with Gasteiger partial charge in [-0.2, -0.15) is 0 Å². The van der Waals surface area contributed by atoms with E-state index in [0.29, 0.717) is 6.04 Å². The van der Waals surface area contributed by atoms with E-state index in [0.717, 1.165) is 11.7 Å². The standard InChI is InChI=1S/C15H21NO/c1-17-13-7-5-12-6-8-15(14(12)9-13)16-10-11-3-2-4-11/h5,7,9,11,15-16H,2-4,6,8,10H2,1H3. The van der Waals surface area contributed by atoms with E-state index in [1.54, 1.807) is 7.11 Å². The van der Waals surface area contributed by atoms with Crippen molar-refractivity contribution in [1.82, 2.24) is 5.32 Å². The summed E-state index contributed by atoms with van der Waals surface area (Å²) in [5.41, 5.74) is 2.96. The molecule has 1 unspecified atom stereocenters. The van der Waals surface area contributed by atoms with Crippen LogP contribution in [-0.2, 0) is 6.42 Å². The number of hydrogen-bond donors (Lipinski definition) is 1. The maximum Gasteiger partial charge on any atom is 0.119 e. The van der Waals surface area contributed by atoms with Crippen LogP contribution in [-0.4, -0.2) is 13.7 Å². The third kappa shape index (κ3) is 2.19. The van der Waals surface area contributed by atoms with Crippen molar-refractivity contribution in [2.45, 2.75) is 38.1 Å². The third-order valence-electron chi connectivity index (χ3n) is 4.31. The number of hydrogen-bond acceptors (Lipinski definition) is 2. The quantitative estimate of drug-likeness (QED) is 0.860. The zero-order valence-corrected chi connectivity index (χ0v) is 10.5. The molecule has 0 radical (unpaired) electrons. The van der Waals surface area contributed by atoms with Crippen molar-refractivity contribution in [3.8, 4) is 5.75 Å². The van der Waals surface area contributed by atoms with E-state index >= 15 is 0 Å². The minimum atomic E-state index is 0.556. The summed E-state index contributed by atoms with van der Waals surface area (Å²) in [7, 11) is 1.74. The van der Waals surface area contributed by atoms with Crippen LogP contribution in [0.4, 0.5) is 0 Å².